The maximum absolute atomic E-state index is 12.7. The molecular formula is C17H24N4O3S3. The third kappa shape index (κ3) is 5.34. The van der Waals surface area contributed by atoms with Gasteiger partial charge in [0.15, 0.2) is 0 Å². The molecule has 3 heterocycles. The number of rotatable bonds is 7. The van der Waals surface area contributed by atoms with Gasteiger partial charge >= 0.3 is 0 Å². The van der Waals surface area contributed by atoms with Crippen LogP contribution in [-0.4, -0.2) is 41.9 Å². The van der Waals surface area contributed by atoms with Crippen LogP contribution in [0.15, 0.2) is 16.3 Å². The number of thiophene rings is 1. The number of sulfonamides is 1. The molecule has 0 saturated carbocycles. The van der Waals surface area contributed by atoms with Gasteiger partial charge in [-0.15, -0.1) is 21.5 Å². The Hall–Kier alpha value is -1.36. The summed E-state index contributed by atoms with van der Waals surface area (Å²) in [5.41, 5.74) is 0. The summed E-state index contributed by atoms with van der Waals surface area (Å²) >= 11 is 2.54. The molecule has 1 N–H and O–H groups in total. The highest BCUT2D eigenvalue weighted by atomic mass is 32.2. The monoisotopic (exact) mass is 428 g/mol. The molecule has 0 bridgehead atoms. The number of aromatic nitrogens is 2. The first kappa shape index (κ1) is 20.4. The van der Waals surface area contributed by atoms with Gasteiger partial charge in [-0.05, 0) is 30.9 Å². The number of nitrogens with one attached hydrogen (secondary N) is 1. The standard InChI is InChI=1S/C17H24N4O3S3/c1-12(2)10-15-19-20-17(26-15)18-14(22)11-13-6-7-16(25-13)27(23,24)21-8-4-3-5-9-21/h6-7,12H,3-5,8-11H2,1-2H3,(H,18,20,22). The minimum absolute atomic E-state index is 0.124. The molecule has 1 aliphatic rings. The zero-order chi connectivity index (χ0) is 19.4. The molecule has 2 aromatic heterocycles. The van der Waals surface area contributed by atoms with Crippen molar-refractivity contribution in [2.24, 2.45) is 5.92 Å². The Morgan fingerprint density at radius 3 is 2.63 bits per heavy atom. The number of nitrogens with zero attached hydrogens (tertiary/aromatic N) is 3. The molecule has 2 aromatic rings. The Labute approximate surface area is 167 Å². The van der Waals surface area contributed by atoms with Crippen molar-refractivity contribution < 1.29 is 13.2 Å². The van der Waals surface area contributed by atoms with Crippen LogP contribution >= 0.6 is 22.7 Å². The van der Waals surface area contributed by atoms with Gasteiger partial charge in [-0.25, -0.2) is 8.42 Å². The van der Waals surface area contributed by atoms with Crippen LogP contribution in [0, 0.1) is 5.92 Å². The van der Waals surface area contributed by atoms with E-state index in [-0.39, 0.29) is 12.3 Å². The van der Waals surface area contributed by atoms with Crippen molar-refractivity contribution in [1.82, 2.24) is 14.5 Å². The van der Waals surface area contributed by atoms with Gasteiger partial charge in [0.2, 0.25) is 11.0 Å². The number of carbonyl (C=O) groups excluding carboxylic acids is 1. The summed E-state index contributed by atoms with van der Waals surface area (Å²) < 4.78 is 27.2. The Morgan fingerprint density at radius 2 is 1.93 bits per heavy atom. The van der Waals surface area contributed by atoms with Gasteiger partial charge in [0.05, 0.1) is 6.42 Å². The number of piperidine rings is 1. The van der Waals surface area contributed by atoms with E-state index in [0.29, 0.717) is 28.3 Å². The zero-order valence-corrected chi connectivity index (χ0v) is 17.9. The van der Waals surface area contributed by atoms with Crippen LogP contribution < -0.4 is 5.32 Å². The lowest BCUT2D eigenvalue weighted by atomic mass is 10.1. The Morgan fingerprint density at radius 1 is 1.19 bits per heavy atom. The van der Waals surface area contributed by atoms with Crippen molar-refractivity contribution in [2.75, 3.05) is 18.4 Å². The maximum Gasteiger partial charge on any atom is 0.252 e. The maximum atomic E-state index is 12.7. The minimum atomic E-state index is -3.44. The smallest absolute Gasteiger partial charge is 0.252 e. The Balaban J connectivity index is 1.60. The molecule has 0 atom stereocenters. The number of hydrogen-bond donors (Lipinski definition) is 1. The highest BCUT2D eigenvalue weighted by Gasteiger charge is 2.27. The predicted molar refractivity (Wildman–Crippen MR) is 108 cm³/mol. The van der Waals surface area contributed by atoms with Gasteiger partial charge in [-0.2, -0.15) is 4.31 Å². The average Bonchev–Trinajstić information content (AvgIpc) is 3.25. The van der Waals surface area contributed by atoms with Gasteiger partial charge in [-0.3, -0.25) is 4.79 Å². The molecule has 0 unspecified atom stereocenters. The number of anilines is 1. The third-order valence-electron chi connectivity index (χ3n) is 4.18. The van der Waals surface area contributed by atoms with E-state index in [1.807, 2.05) is 0 Å². The number of amides is 1. The molecule has 0 spiro atoms. The first-order chi connectivity index (χ1) is 12.8. The van der Waals surface area contributed by atoms with E-state index in [2.05, 4.69) is 29.4 Å². The second-order valence-electron chi connectivity index (χ2n) is 7.01. The normalized spacial score (nSPS) is 16.0. The molecule has 0 aliphatic carbocycles. The van der Waals surface area contributed by atoms with E-state index in [1.54, 1.807) is 16.4 Å². The van der Waals surface area contributed by atoms with Crippen molar-refractivity contribution >= 4 is 43.7 Å². The van der Waals surface area contributed by atoms with Crippen molar-refractivity contribution in [3.8, 4) is 0 Å². The van der Waals surface area contributed by atoms with E-state index in [1.165, 1.54) is 11.3 Å². The van der Waals surface area contributed by atoms with Crippen LogP contribution in [0.25, 0.3) is 0 Å². The van der Waals surface area contributed by atoms with Gasteiger partial charge < -0.3 is 5.32 Å². The summed E-state index contributed by atoms with van der Waals surface area (Å²) in [6.07, 6.45) is 3.84. The van der Waals surface area contributed by atoms with E-state index in [0.717, 1.165) is 46.9 Å². The Bertz CT molecular complexity index is 883. The SMILES string of the molecule is CC(C)Cc1nnc(NC(=O)Cc2ccc(S(=O)(=O)N3CCCCC3)s2)s1. The van der Waals surface area contributed by atoms with Gasteiger partial charge in [0, 0.05) is 24.4 Å². The minimum Gasteiger partial charge on any atom is -0.300 e. The molecule has 27 heavy (non-hydrogen) atoms. The summed E-state index contributed by atoms with van der Waals surface area (Å²) in [5, 5.41) is 12.2. The first-order valence-electron chi connectivity index (χ1n) is 9.05. The van der Waals surface area contributed by atoms with Crippen molar-refractivity contribution in [2.45, 2.75) is 50.2 Å². The van der Waals surface area contributed by atoms with Crippen LogP contribution in [0.3, 0.4) is 0 Å². The van der Waals surface area contributed by atoms with Crippen LogP contribution in [0.4, 0.5) is 5.13 Å². The largest absolute Gasteiger partial charge is 0.300 e. The molecule has 0 aromatic carbocycles. The molecule has 1 fully saturated rings. The van der Waals surface area contributed by atoms with E-state index >= 15 is 0 Å². The third-order valence-corrected chi connectivity index (χ3v) is 8.49. The lowest BCUT2D eigenvalue weighted by molar-refractivity contribution is -0.115. The fraction of sp³-hybridized carbons (Fsp3) is 0.588. The second kappa shape index (κ2) is 8.76. The number of carbonyl (C=O) groups is 1. The van der Waals surface area contributed by atoms with Gasteiger partial charge in [-0.1, -0.05) is 31.6 Å². The Kier molecular flexibility index (Phi) is 6.61. The fourth-order valence-electron chi connectivity index (χ4n) is 2.88. The van der Waals surface area contributed by atoms with Crippen LogP contribution in [0.1, 0.15) is 43.0 Å². The first-order valence-corrected chi connectivity index (χ1v) is 12.1. The molecule has 7 nitrogen and oxygen atoms in total. The van der Waals surface area contributed by atoms with Crippen LogP contribution in [-0.2, 0) is 27.7 Å². The summed E-state index contributed by atoms with van der Waals surface area (Å²) in [7, 11) is -3.44. The molecule has 3 rings (SSSR count). The highest BCUT2D eigenvalue weighted by molar-refractivity contribution is 7.91. The van der Waals surface area contributed by atoms with Crippen LogP contribution in [0.2, 0.25) is 0 Å². The highest BCUT2D eigenvalue weighted by Crippen LogP contribution is 2.27. The van der Waals surface area contributed by atoms with E-state index in [9.17, 15) is 13.2 Å². The van der Waals surface area contributed by atoms with Crippen molar-refractivity contribution in [3.05, 3.63) is 22.0 Å². The second-order valence-corrected chi connectivity index (χ2v) is 11.4. The summed E-state index contributed by atoms with van der Waals surface area (Å²) in [5.74, 6) is 0.263. The van der Waals surface area contributed by atoms with Crippen molar-refractivity contribution in [1.29, 1.82) is 0 Å². The molecule has 148 valence electrons. The quantitative estimate of drug-likeness (QED) is 0.731. The molecular weight excluding hydrogens is 404 g/mol. The lowest BCUT2D eigenvalue weighted by Crippen LogP contribution is -2.35. The molecule has 0 radical (unpaired) electrons. The molecule has 1 saturated heterocycles. The molecule has 1 aliphatic heterocycles. The average molecular weight is 429 g/mol. The van der Waals surface area contributed by atoms with Gasteiger partial charge in [0.25, 0.3) is 10.0 Å². The summed E-state index contributed by atoms with van der Waals surface area (Å²) in [6, 6.07) is 3.31. The van der Waals surface area contributed by atoms with Crippen molar-refractivity contribution in [3.63, 3.8) is 0 Å². The predicted octanol–water partition coefficient (Wildman–Crippen LogP) is 3.15. The summed E-state index contributed by atoms with van der Waals surface area (Å²) in [4.78, 5) is 13.0. The molecule has 1 amide bonds. The zero-order valence-electron chi connectivity index (χ0n) is 15.5. The van der Waals surface area contributed by atoms with E-state index in [4.69, 9.17) is 0 Å². The van der Waals surface area contributed by atoms with E-state index < -0.39 is 10.0 Å². The lowest BCUT2D eigenvalue weighted by Gasteiger charge is -2.25. The molecule has 10 heteroatoms. The van der Waals surface area contributed by atoms with Crippen LogP contribution in [0.5, 0.6) is 0 Å². The fourth-order valence-corrected chi connectivity index (χ4v) is 6.88. The number of hydrogen-bond acceptors (Lipinski definition) is 7. The topological polar surface area (TPSA) is 92.3 Å². The van der Waals surface area contributed by atoms with Gasteiger partial charge in [0.1, 0.15) is 9.22 Å². The summed E-state index contributed by atoms with van der Waals surface area (Å²) in [6.45, 7) is 5.36.